The number of esters is 1. The summed E-state index contributed by atoms with van der Waals surface area (Å²) in [5.74, 6) is 0.518. The van der Waals surface area contributed by atoms with Crippen LogP contribution in [0.3, 0.4) is 0 Å². The Labute approximate surface area is 98.2 Å². The molecular weight excluding hydrogens is 222 g/mol. The first-order chi connectivity index (χ1) is 8.13. The minimum absolute atomic E-state index is 0.129. The van der Waals surface area contributed by atoms with Gasteiger partial charge in [-0.25, -0.2) is 14.8 Å². The van der Waals surface area contributed by atoms with E-state index in [1.165, 1.54) is 0 Å². The minimum Gasteiger partial charge on any atom is -0.460 e. The lowest BCUT2D eigenvalue weighted by molar-refractivity contribution is 0.0490. The van der Waals surface area contributed by atoms with Crippen molar-refractivity contribution in [3.8, 4) is 11.7 Å². The van der Waals surface area contributed by atoms with Gasteiger partial charge >= 0.3 is 5.97 Å². The normalized spacial score (nSPS) is 10.5. The van der Waals surface area contributed by atoms with Gasteiger partial charge in [0.15, 0.2) is 5.82 Å². The Kier molecular flexibility index (Phi) is 2.95. The lowest BCUT2D eigenvalue weighted by atomic mass is 10.4. The standard InChI is InChI=1S/C11H13N3O3/c1-4-16-11(15)8-7(2)13-10(17-8)9-12-5-6-14(9)3/h5-6H,4H2,1-3H3. The highest BCUT2D eigenvalue weighted by molar-refractivity contribution is 5.87. The largest absolute Gasteiger partial charge is 0.460 e. The lowest BCUT2D eigenvalue weighted by Crippen LogP contribution is -2.04. The first kappa shape index (κ1) is 11.4. The van der Waals surface area contributed by atoms with Crippen molar-refractivity contribution >= 4 is 5.97 Å². The summed E-state index contributed by atoms with van der Waals surface area (Å²) in [6.07, 6.45) is 3.41. The molecule has 2 aromatic rings. The number of rotatable bonds is 3. The number of carbonyl (C=O) groups excluding carboxylic acids is 1. The van der Waals surface area contributed by atoms with Crippen molar-refractivity contribution in [1.29, 1.82) is 0 Å². The number of imidazole rings is 1. The van der Waals surface area contributed by atoms with Gasteiger partial charge in [-0.05, 0) is 13.8 Å². The predicted octanol–water partition coefficient (Wildman–Crippen LogP) is 1.56. The number of ether oxygens (including phenoxy) is 1. The zero-order chi connectivity index (χ0) is 12.4. The molecule has 0 aliphatic heterocycles. The van der Waals surface area contributed by atoms with E-state index in [2.05, 4.69) is 9.97 Å². The molecule has 0 radical (unpaired) electrons. The zero-order valence-corrected chi connectivity index (χ0v) is 9.93. The van der Waals surface area contributed by atoms with Crippen molar-refractivity contribution in [3.63, 3.8) is 0 Å². The molecule has 2 heterocycles. The maximum Gasteiger partial charge on any atom is 0.376 e. The van der Waals surface area contributed by atoms with Gasteiger partial charge in [0.05, 0.1) is 12.3 Å². The van der Waals surface area contributed by atoms with Crippen LogP contribution in [0.15, 0.2) is 16.8 Å². The topological polar surface area (TPSA) is 70.2 Å². The fraction of sp³-hybridized carbons (Fsp3) is 0.364. The van der Waals surface area contributed by atoms with E-state index >= 15 is 0 Å². The van der Waals surface area contributed by atoms with E-state index in [0.717, 1.165) is 0 Å². The van der Waals surface area contributed by atoms with Crippen LogP contribution in [0.5, 0.6) is 0 Å². The number of aromatic nitrogens is 3. The maximum atomic E-state index is 11.6. The highest BCUT2D eigenvalue weighted by Crippen LogP contribution is 2.20. The van der Waals surface area contributed by atoms with Crippen molar-refractivity contribution < 1.29 is 13.9 Å². The summed E-state index contributed by atoms with van der Waals surface area (Å²) in [4.78, 5) is 19.8. The van der Waals surface area contributed by atoms with Gasteiger partial charge in [0, 0.05) is 19.4 Å². The second-order valence-electron chi connectivity index (χ2n) is 3.52. The van der Waals surface area contributed by atoms with Gasteiger partial charge in [0.25, 0.3) is 5.89 Å². The minimum atomic E-state index is -0.502. The fourth-order valence-corrected chi connectivity index (χ4v) is 1.45. The molecule has 0 N–H and O–H groups in total. The van der Waals surface area contributed by atoms with Gasteiger partial charge in [0.2, 0.25) is 5.76 Å². The van der Waals surface area contributed by atoms with Crippen LogP contribution in [0.25, 0.3) is 11.7 Å². The van der Waals surface area contributed by atoms with Crippen molar-refractivity contribution in [1.82, 2.24) is 14.5 Å². The third-order valence-corrected chi connectivity index (χ3v) is 2.27. The molecule has 0 atom stereocenters. The first-order valence-corrected chi connectivity index (χ1v) is 5.25. The molecule has 0 saturated carbocycles. The summed E-state index contributed by atoms with van der Waals surface area (Å²) >= 11 is 0. The molecule has 0 fully saturated rings. The van der Waals surface area contributed by atoms with Crippen LogP contribution in [-0.2, 0) is 11.8 Å². The third kappa shape index (κ3) is 2.06. The van der Waals surface area contributed by atoms with Crippen LogP contribution in [0.4, 0.5) is 0 Å². The van der Waals surface area contributed by atoms with Crippen LogP contribution < -0.4 is 0 Å². The van der Waals surface area contributed by atoms with Gasteiger partial charge in [-0.3, -0.25) is 0 Å². The van der Waals surface area contributed by atoms with E-state index < -0.39 is 5.97 Å². The third-order valence-electron chi connectivity index (χ3n) is 2.27. The number of hydrogen-bond acceptors (Lipinski definition) is 5. The molecular formula is C11H13N3O3. The van der Waals surface area contributed by atoms with Crippen LogP contribution in [-0.4, -0.2) is 27.1 Å². The highest BCUT2D eigenvalue weighted by Gasteiger charge is 2.20. The fourth-order valence-electron chi connectivity index (χ4n) is 1.45. The summed E-state index contributed by atoms with van der Waals surface area (Å²) in [6, 6.07) is 0. The Morgan fingerprint density at radius 3 is 2.94 bits per heavy atom. The van der Waals surface area contributed by atoms with E-state index in [9.17, 15) is 4.79 Å². The molecule has 0 aliphatic rings. The number of carbonyl (C=O) groups is 1. The second kappa shape index (κ2) is 4.40. The molecule has 0 spiro atoms. The Balaban J connectivity index is 2.37. The molecule has 0 amide bonds. The molecule has 2 aromatic heterocycles. The van der Waals surface area contributed by atoms with Crippen molar-refractivity contribution in [3.05, 3.63) is 23.8 Å². The van der Waals surface area contributed by atoms with Gasteiger partial charge in [-0.1, -0.05) is 0 Å². The molecule has 0 unspecified atom stereocenters. The second-order valence-corrected chi connectivity index (χ2v) is 3.52. The Morgan fingerprint density at radius 2 is 2.35 bits per heavy atom. The molecule has 0 saturated heterocycles. The van der Waals surface area contributed by atoms with Crippen LogP contribution in [0.1, 0.15) is 23.2 Å². The number of oxazole rings is 1. The van der Waals surface area contributed by atoms with Gasteiger partial charge in [0.1, 0.15) is 0 Å². The Morgan fingerprint density at radius 1 is 1.59 bits per heavy atom. The van der Waals surface area contributed by atoms with E-state index in [1.807, 2.05) is 7.05 Å². The molecule has 2 rings (SSSR count). The summed E-state index contributed by atoms with van der Waals surface area (Å²) in [5.41, 5.74) is 0.501. The van der Waals surface area contributed by atoms with E-state index in [4.69, 9.17) is 9.15 Å². The summed E-state index contributed by atoms with van der Waals surface area (Å²) in [5, 5.41) is 0. The quantitative estimate of drug-likeness (QED) is 0.755. The average Bonchev–Trinajstić information content (AvgIpc) is 2.84. The number of hydrogen-bond donors (Lipinski definition) is 0. The Hall–Kier alpha value is -2.11. The number of aryl methyl sites for hydroxylation is 2. The molecule has 6 heteroatoms. The predicted molar refractivity (Wildman–Crippen MR) is 59.4 cm³/mol. The van der Waals surface area contributed by atoms with E-state index in [1.54, 1.807) is 30.8 Å². The van der Waals surface area contributed by atoms with Crippen LogP contribution in [0.2, 0.25) is 0 Å². The van der Waals surface area contributed by atoms with Gasteiger partial charge in [-0.15, -0.1) is 0 Å². The number of nitrogens with zero attached hydrogens (tertiary/aromatic N) is 3. The van der Waals surface area contributed by atoms with Crippen molar-refractivity contribution in [2.75, 3.05) is 6.61 Å². The van der Waals surface area contributed by atoms with Crippen molar-refractivity contribution in [2.24, 2.45) is 7.05 Å². The van der Waals surface area contributed by atoms with Gasteiger partial charge in [-0.2, -0.15) is 0 Å². The molecule has 0 bridgehead atoms. The Bertz CT molecular complexity index is 542. The maximum absolute atomic E-state index is 11.6. The van der Waals surface area contributed by atoms with Crippen LogP contribution >= 0.6 is 0 Å². The first-order valence-electron chi connectivity index (χ1n) is 5.25. The monoisotopic (exact) mass is 235 g/mol. The van der Waals surface area contributed by atoms with E-state index in [-0.39, 0.29) is 5.76 Å². The molecule has 0 aromatic carbocycles. The summed E-state index contributed by atoms with van der Waals surface area (Å²) < 4.78 is 12.0. The summed E-state index contributed by atoms with van der Waals surface area (Å²) in [7, 11) is 1.83. The molecule has 17 heavy (non-hydrogen) atoms. The van der Waals surface area contributed by atoms with E-state index in [0.29, 0.717) is 24.0 Å². The van der Waals surface area contributed by atoms with Crippen molar-refractivity contribution in [2.45, 2.75) is 13.8 Å². The molecule has 90 valence electrons. The molecule has 6 nitrogen and oxygen atoms in total. The average molecular weight is 235 g/mol. The van der Waals surface area contributed by atoms with Crippen LogP contribution in [0, 0.1) is 6.92 Å². The highest BCUT2D eigenvalue weighted by atomic mass is 16.5. The molecule has 0 aliphatic carbocycles. The van der Waals surface area contributed by atoms with Gasteiger partial charge < -0.3 is 13.7 Å². The SMILES string of the molecule is CCOC(=O)c1oc(-c2nccn2C)nc1C. The zero-order valence-electron chi connectivity index (χ0n) is 9.93. The smallest absolute Gasteiger partial charge is 0.376 e. The summed E-state index contributed by atoms with van der Waals surface area (Å²) in [6.45, 7) is 3.74. The lowest BCUT2D eigenvalue weighted by Gasteiger charge is -1.97.